The second kappa shape index (κ2) is 7.54. The number of piperazine rings is 1. The van der Waals surface area contributed by atoms with Gasteiger partial charge in [-0.15, -0.1) is 0 Å². The topological polar surface area (TPSA) is 107 Å². The standard InChI is InChI=1S/C21H28N4O5/c1-14-11-15(25(29)30)3-4-17(14)23-7-9-24(10-8-23)19(26)18-16(20(27)28)12-21(5-6-21)13-22(18)2/h3-4,11,16,18H,5-10,12-13H2,1-2H3,(H,27,28). The predicted octanol–water partition coefficient (Wildman–Crippen LogP) is 1.74. The van der Waals surface area contributed by atoms with Gasteiger partial charge in [0, 0.05) is 50.5 Å². The Labute approximate surface area is 175 Å². The van der Waals surface area contributed by atoms with Crippen molar-refractivity contribution in [3.05, 3.63) is 33.9 Å². The number of carbonyl (C=O) groups is 2. The van der Waals surface area contributed by atoms with Crippen LogP contribution in [0.25, 0.3) is 0 Å². The van der Waals surface area contributed by atoms with Crippen LogP contribution in [-0.4, -0.2) is 77.5 Å². The number of hydrogen-bond acceptors (Lipinski definition) is 6. The van der Waals surface area contributed by atoms with E-state index in [-0.39, 0.29) is 17.0 Å². The van der Waals surface area contributed by atoms with E-state index in [1.54, 1.807) is 17.0 Å². The number of likely N-dealkylation sites (N-methyl/N-ethyl adjacent to an activating group) is 1. The van der Waals surface area contributed by atoms with E-state index in [1.807, 2.05) is 18.9 Å². The molecular weight excluding hydrogens is 388 g/mol. The molecule has 9 nitrogen and oxygen atoms in total. The van der Waals surface area contributed by atoms with Crippen molar-refractivity contribution in [1.82, 2.24) is 9.80 Å². The highest BCUT2D eigenvalue weighted by Crippen LogP contribution is 2.54. The fourth-order valence-corrected chi connectivity index (χ4v) is 5.16. The van der Waals surface area contributed by atoms with Crippen LogP contribution in [0.2, 0.25) is 0 Å². The lowest BCUT2D eigenvalue weighted by Gasteiger charge is -2.44. The highest BCUT2D eigenvalue weighted by atomic mass is 16.6. The van der Waals surface area contributed by atoms with Gasteiger partial charge in [-0.05, 0) is 50.3 Å². The number of aliphatic carboxylic acids is 1. The van der Waals surface area contributed by atoms with E-state index in [0.29, 0.717) is 32.6 Å². The summed E-state index contributed by atoms with van der Waals surface area (Å²) in [4.78, 5) is 41.6. The fraction of sp³-hybridized carbons (Fsp3) is 0.619. The molecule has 0 aromatic heterocycles. The molecule has 1 aromatic rings. The Morgan fingerprint density at radius 3 is 2.40 bits per heavy atom. The SMILES string of the molecule is Cc1cc([N+](=O)[O-])ccc1N1CCN(C(=O)C2C(C(=O)O)CC3(CC3)CN2C)CC1. The zero-order valence-electron chi connectivity index (χ0n) is 17.4. The molecule has 1 saturated carbocycles. The second-order valence-electron chi connectivity index (χ2n) is 9.05. The van der Waals surface area contributed by atoms with Crippen LogP contribution in [0.4, 0.5) is 11.4 Å². The quantitative estimate of drug-likeness (QED) is 0.588. The molecule has 3 fully saturated rings. The zero-order chi connectivity index (χ0) is 21.6. The fourth-order valence-electron chi connectivity index (χ4n) is 5.16. The van der Waals surface area contributed by atoms with E-state index in [4.69, 9.17) is 0 Å². The smallest absolute Gasteiger partial charge is 0.308 e. The Morgan fingerprint density at radius 2 is 1.87 bits per heavy atom. The number of carboxylic acid groups (broad SMARTS) is 1. The summed E-state index contributed by atoms with van der Waals surface area (Å²) in [5.41, 5.74) is 1.93. The third-order valence-electron chi connectivity index (χ3n) is 6.94. The van der Waals surface area contributed by atoms with E-state index in [1.165, 1.54) is 6.07 Å². The van der Waals surface area contributed by atoms with Gasteiger partial charge >= 0.3 is 5.97 Å². The van der Waals surface area contributed by atoms with Crippen molar-refractivity contribution in [1.29, 1.82) is 0 Å². The van der Waals surface area contributed by atoms with E-state index < -0.39 is 22.9 Å². The van der Waals surface area contributed by atoms with Crippen molar-refractivity contribution in [3.63, 3.8) is 0 Å². The molecule has 2 heterocycles. The van der Waals surface area contributed by atoms with Crippen molar-refractivity contribution < 1.29 is 19.6 Å². The molecule has 1 spiro atoms. The lowest BCUT2D eigenvalue weighted by Crippen LogP contribution is -2.60. The zero-order valence-corrected chi connectivity index (χ0v) is 17.4. The number of amides is 1. The molecule has 0 bridgehead atoms. The molecule has 1 aliphatic carbocycles. The maximum atomic E-state index is 13.3. The first-order valence-electron chi connectivity index (χ1n) is 10.4. The van der Waals surface area contributed by atoms with Crippen LogP contribution in [0, 0.1) is 28.4 Å². The van der Waals surface area contributed by atoms with Gasteiger partial charge in [0.1, 0.15) is 6.04 Å². The largest absolute Gasteiger partial charge is 0.481 e. The average Bonchev–Trinajstić information content (AvgIpc) is 3.45. The average molecular weight is 416 g/mol. The van der Waals surface area contributed by atoms with Gasteiger partial charge in [0.15, 0.2) is 0 Å². The summed E-state index contributed by atoms with van der Waals surface area (Å²) < 4.78 is 0. The normalized spacial score (nSPS) is 25.9. The van der Waals surface area contributed by atoms with Gasteiger partial charge in [0.2, 0.25) is 5.91 Å². The van der Waals surface area contributed by atoms with Crippen molar-refractivity contribution in [2.75, 3.05) is 44.7 Å². The van der Waals surface area contributed by atoms with Crippen molar-refractivity contribution in [3.8, 4) is 0 Å². The van der Waals surface area contributed by atoms with Crippen LogP contribution in [0.5, 0.6) is 0 Å². The minimum absolute atomic E-state index is 0.0681. The van der Waals surface area contributed by atoms with Crippen LogP contribution in [0.15, 0.2) is 18.2 Å². The summed E-state index contributed by atoms with van der Waals surface area (Å²) in [6.45, 7) is 4.89. The Morgan fingerprint density at radius 1 is 1.20 bits per heavy atom. The molecule has 30 heavy (non-hydrogen) atoms. The summed E-state index contributed by atoms with van der Waals surface area (Å²) in [6.07, 6.45) is 2.69. The lowest BCUT2D eigenvalue weighted by molar-refractivity contribution is -0.384. The van der Waals surface area contributed by atoms with Gasteiger partial charge in [-0.1, -0.05) is 0 Å². The molecule has 4 rings (SSSR count). The number of anilines is 1. The number of nitro groups is 1. The number of carbonyl (C=O) groups excluding carboxylic acids is 1. The number of likely N-dealkylation sites (tertiary alicyclic amines) is 1. The van der Waals surface area contributed by atoms with Crippen molar-refractivity contribution in [2.24, 2.45) is 11.3 Å². The monoisotopic (exact) mass is 416 g/mol. The van der Waals surface area contributed by atoms with Crippen molar-refractivity contribution >= 4 is 23.3 Å². The van der Waals surface area contributed by atoms with Crippen LogP contribution < -0.4 is 4.90 Å². The third kappa shape index (κ3) is 3.74. The van der Waals surface area contributed by atoms with Crippen molar-refractivity contribution in [2.45, 2.75) is 32.2 Å². The van der Waals surface area contributed by atoms with E-state index in [0.717, 1.165) is 30.6 Å². The van der Waals surface area contributed by atoms with Gasteiger partial charge in [-0.25, -0.2) is 0 Å². The van der Waals surface area contributed by atoms with Crippen LogP contribution >= 0.6 is 0 Å². The van der Waals surface area contributed by atoms with Gasteiger partial charge in [0.05, 0.1) is 10.8 Å². The first-order valence-corrected chi connectivity index (χ1v) is 10.4. The molecule has 0 radical (unpaired) electrons. The highest BCUT2D eigenvalue weighted by Gasteiger charge is 2.55. The number of piperidine rings is 1. The molecule has 1 aromatic carbocycles. The number of rotatable bonds is 4. The number of nitrogens with zero attached hydrogens (tertiary/aromatic N) is 4. The minimum Gasteiger partial charge on any atom is -0.481 e. The summed E-state index contributed by atoms with van der Waals surface area (Å²) in [5, 5.41) is 20.7. The molecule has 9 heteroatoms. The number of hydrogen-bond donors (Lipinski definition) is 1. The molecular formula is C21H28N4O5. The summed E-state index contributed by atoms with van der Waals surface area (Å²) in [5.74, 6) is -1.64. The van der Waals surface area contributed by atoms with Gasteiger partial charge in [-0.2, -0.15) is 0 Å². The maximum Gasteiger partial charge on any atom is 0.308 e. The number of nitro benzene ring substituents is 1. The highest BCUT2D eigenvalue weighted by molar-refractivity contribution is 5.88. The summed E-state index contributed by atoms with van der Waals surface area (Å²) in [6, 6.07) is 4.22. The Balaban J connectivity index is 1.43. The molecule has 1 amide bonds. The van der Waals surface area contributed by atoms with Gasteiger partial charge in [0.25, 0.3) is 5.69 Å². The molecule has 2 atom stereocenters. The Bertz CT molecular complexity index is 876. The Hall–Kier alpha value is -2.68. The molecule has 3 aliphatic rings. The lowest BCUT2D eigenvalue weighted by atomic mass is 9.80. The third-order valence-corrected chi connectivity index (χ3v) is 6.94. The number of aryl methyl sites for hydroxylation is 1. The summed E-state index contributed by atoms with van der Waals surface area (Å²) >= 11 is 0. The number of benzene rings is 1. The number of carboxylic acids is 1. The van der Waals surface area contributed by atoms with Crippen LogP contribution in [0.1, 0.15) is 24.8 Å². The molecule has 2 unspecified atom stereocenters. The minimum atomic E-state index is -0.883. The molecule has 2 saturated heterocycles. The van der Waals surface area contributed by atoms with Crippen LogP contribution in [0.3, 0.4) is 0 Å². The van der Waals surface area contributed by atoms with Crippen LogP contribution in [-0.2, 0) is 9.59 Å². The van der Waals surface area contributed by atoms with E-state index >= 15 is 0 Å². The number of non-ortho nitro benzene ring substituents is 1. The predicted molar refractivity (Wildman–Crippen MR) is 110 cm³/mol. The van der Waals surface area contributed by atoms with Gasteiger partial charge in [-0.3, -0.25) is 24.6 Å². The first-order chi connectivity index (χ1) is 14.2. The summed E-state index contributed by atoms with van der Waals surface area (Å²) in [7, 11) is 1.87. The van der Waals surface area contributed by atoms with E-state index in [9.17, 15) is 24.8 Å². The maximum absolute atomic E-state index is 13.3. The Kier molecular flexibility index (Phi) is 5.17. The second-order valence-corrected chi connectivity index (χ2v) is 9.05. The molecule has 162 valence electrons. The first kappa shape index (κ1) is 20.6. The molecule has 2 aliphatic heterocycles. The van der Waals surface area contributed by atoms with E-state index in [2.05, 4.69) is 4.90 Å². The van der Waals surface area contributed by atoms with Gasteiger partial charge < -0.3 is 14.9 Å². The molecule has 1 N–H and O–H groups in total.